The molecule has 7 nitrogen and oxygen atoms in total. The highest BCUT2D eigenvalue weighted by Crippen LogP contribution is 2.37. The molecule has 1 amide bonds. The standard InChI is InChI=1S/C25H20N4O3S2/c30-21(29-20(25(31)32)10-16-11-26-19-9-5-4-8-17(16)19)13-34-24-22-18(15-6-2-1-3-7-15)12-33-23(22)27-14-28-24/h1-9,11-12,14,20,26H,10,13H2,(H,29,30)(H,31,32)/t20-/m0/s1. The van der Waals surface area contributed by atoms with E-state index < -0.39 is 12.0 Å². The number of amides is 1. The maximum Gasteiger partial charge on any atom is 0.326 e. The predicted octanol–water partition coefficient (Wildman–Crippen LogP) is 4.74. The van der Waals surface area contributed by atoms with Crippen molar-refractivity contribution in [3.63, 3.8) is 0 Å². The third-order valence-electron chi connectivity index (χ3n) is 5.49. The number of carbonyl (C=O) groups is 2. The quantitative estimate of drug-likeness (QED) is 0.215. The van der Waals surface area contributed by atoms with Gasteiger partial charge in [-0.2, -0.15) is 0 Å². The van der Waals surface area contributed by atoms with Crippen molar-refractivity contribution in [2.45, 2.75) is 17.5 Å². The van der Waals surface area contributed by atoms with Crippen molar-refractivity contribution in [3.8, 4) is 11.1 Å². The average molecular weight is 489 g/mol. The highest BCUT2D eigenvalue weighted by atomic mass is 32.2. The number of fused-ring (bicyclic) bond motifs is 2. The number of aliphatic carboxylic acids is 1. The fraction of sp³-hybridized carbons (Fsp3) is 0.120. The number of thiophene rings is 1. The van der Waals surface area contributed by atoms with Crippen LogP contribution in [0.2, 0.25) is 0 Å². The van der Waals surface area contributed by atoms with Gasteiger partial charge in [-0.15, -0.1) is 11.3 Å². The number of para-hydroxylation sites is 1. The fourth-order valence-corrected chi connectivity index (χ4v) is 5.68. The Morgan fingerprint density at radius 1 is 1.09 bits per heavy atom. The maximum absolute atomic E-state index is 12.7. The SMILES string of the molecule is O=C(CSc1ncnc2scc(-c3ccccc3)c12)N[C@@H](Cc1c[nH]c2ccccc12)C(=O)O. The summed E-state index contributed by atoms with van der Waals surface area (Å²) in [6, 6.07) is 16.6. The molecule has 5 rings (SSSR count). The summed E-state index contributed by atoms with van der Waals surface area (Å²) < 4.78 is 0. The lowest BCUT2D eigenvalue weighted by Gasteiger charge is -2.14. The summed E-state index contributed by atoms with van der Waals surface area (Å²) >= 11 is 2.81. The van der Waals surface area contributed by atoms with Crippen LogP contribution in [0.4, 0.5) is 0 Å². The van der Waals surface area contributed by atoms with E-state index >= 15 is 0 Å². The number of nitrogens with zero attached hydrogens (tertiary/aromatic N) is 2. The zero-order chi connectivity index (χ0) is 23.5. The second-order valence-corrected chi connectivity index (χ2v) is 9.51. The Morgan fingerprint density at radius 2 is 1.88 bits per heavy atom. The highest BCUT2D eigenvalue weighted by molar-refractivity contribution is 8.00. The number of aromatic nitrogens is 3. The van der Waals surface area contributed by atoms with Crippen molar-refractivity contribution in [1.82, 2.24) is 20.3 Å². The number of benzene rings is 2. The Labute approximate surface area is 203 Å². The molecule has 9 heteroatoms. The molecular formula is C25H20N4O3S2. The third kappa shape index (κ3) is 4.52. The number of aromatic amines is 1. The van der Waals surface area contributed by atoms with E-state index in [4.69, 9.17) is 0 Å². The van der Waals surface area contributed by atoms with Crippen molar-refractivity contribution in [2.24, 2.45) is 0 Å². The van der Waals surface area contributed by atoms with Crippen LogP contribution in [-0.2, 0) is 16.0 Å². The number of carboxylic acid groups (broad SMARTS) is 1. The van der Waals surface area contributed by atoms with Gasteiger partial charge in [0, 0.05) is 34.5 Å². The van der Waals surface area contributed by atoms with Crippen molar-refractivity contribution in [1.29, 1.82) is 0 Å². The van der Waals surface area contributed by atoms with Gasteiger partial charge in [-0.25, -0.2) is 14.8 Å². The number of carbonyl (C=O) groups excluding carboxylic acids is 1. The summed E-state index contributed by atoms with van der Waals surface area (Å²) in [6.45, 7) is 0. The molecular weight excluding hydrogens is 468 g/mol. The van der Waals surface area contributed by atoms with E-state index in [1.165, 1.54) is 29.4 Å². The average Bonchev–Trinajstić information content (AvgIpc) is 3.48. The topological polar surface area (TPSA) is 108 Å². The van der Waals surface area contributed by atoms with Gasteiger partial charge in [0.25, 0.3) is 0 Å². The predicted molar refractivity (Wildman–Crippen MR) is 135 cm³/mol. The molecule has 0 fully saturated rings. The number of carboxylic acids is 1. The second-order valence-electron chi connectivity index (χ2n) is 7.69. The first-order chi connectivity index (χ1) is 16.6. The minimum absolute atomic E-state index is 0.0495. The molecule has 34 heavy (non-hydrogen) atoms. The van der Waals surface area contributed by atoms with Crippen molar-refractivity contribution in [2.75, 3.05) is 5.75 Å². The monoisotopic (exact) mass is 488 g/mol. The molecule has 3 N–H and O–H groups in total. The highest BCUT2D eigenvalue weighted by Gasteiger charge is 2.22. The van der Waals surface area contributed by atoms with E-state index in [1.807, 2.05) is 60.0 Å². The summed E-state index contributed by atoms with van der Waals surface area (Å²) in [6.07, 6.45) is 3.47. The molecule has 0 aliphatic heterocycles. The van der Waals surface area contributed by atoms with Gasteiger partial charge in [-0.1, -0.05) is 60.3 Å². The zero-order valence-electron chi connectivity index (χ0n) is 17.9. The van der Waals surface area contributed by atoms with Crippen LogP contribution in [0.3, 0.4) is 0 Å². The first-order valence-corrected chi connectivity index (χ1v) is 12.4. The summed E-state index contributed by atoms with van der Waals surface area (Å²) in [7, 11) is 0. The van der Waals surface area contributed by atoms with Crippen LogP contribution < -0.4 is 5.32 Å². The minimum atomic E-state index is -1.07. The zero-order valence-corrected chi connectivity index (χ0v) is 19.5. The normalized spacial score (nSPS) is 12.1. The summed E-state index contributed by atoms with van der Waals surface area (Å²) in [5.74, 6) is -1.38. The Kier molecular flexibility index (Phi) is 6.29. The van der Waals surface area contributed by atoms with Crippen LogP contribution in [0.15, 0.2) is 77.5 Å². The number of hydrogen-bond acceptors (Lipinski definition) is 6. The van der Waals surface area contributed by atoms with Crippen LogP contribution >= 0.6 is 23.1 Å². The molecule has 170 valence electrons. The first kappa shape index (κ1) is 22.1. The van der Waals surface area contributed by atoms with Gasteiger partial charge in [0.1, 0.15) is 22.2 Å². The lowest BCUT2D eigenvalue weighted by atomic mass is 10.1. The molecule has 0 unspecified atom stereocenters. The van der Waals surface area contributed by atoms with E-state index in [9.17, 15) is 14.7 Å². The molecule has 0 spiro atoms. The van der Waals surface area contributed by atoms with Gasteiger partial charge < -0.3 is 15.4 Å². The van der Waals surface area contributed by atoms with Crippen molar-refractivity contribution < 1.29 is 14.7 Å². The number of hydrogen-bond donors (Lipinski definition) is 3. The smallest absolute Gasteiger partial charge is 0.326 e. The number of nitrogens with one attached hydrogen (secondary N) is 2. The molecule has 3 heterocycles. The lowest BCUT2D eigenvalue weighted by molar-refractivity contribution is -0.141. The molecule has 3 aromatic heterocycles. The summed E-state index contributed by atoms with van der Waals surface area (Å²) in [5, 5.41) is 17.0. The Bertz CT molecular complexity index is 1480. The van der Waals surface area contributed by atoms with Crippen LogP contribution in [-0.4, -0.2) is 43.7 Å². The van der Waals surface area contributed by atoms with Crippen molar-refractivity contribution in [3.05, 3.63) is 78.1 Å². The fourth-order valence-electron chi connectivity index (χ4n) is 3.88. The minimum Gasteiger partial charge on any atom is -0.480 e. The van der Waals surface area contributed by atoms with Gasteiger partial charge in [-0.3, -0.25) is 4.79 Å². The third-order valence-corrected chi connectivity index (χ3v) is 7.37. The Balaban J connectivity index is 1.31. The first-order valence-electron chi connectivity index (χ1n) is 10.6. The van der Waals surface area contributed by atoms with E-state index in [-0.39, 0.29) is 18.1 Å². The van der Waals surface area contributed by atoms with Gasteiger partial charge >= 0.3 is 5.97 Å². The number of H-pyrrole nitrogens is 1. The molecule has 1 atom stereocenters. The van der Waals surface area contributed by atoms with Gasteiger partial charge in [0.2, 0.25) is 5.91 Å². The van der Waals surface area contributed by atoms with E-state index in [0.717, 1.165) is 37.8 Å². The number of rotatable bonds is 8. The van der Waals surface area contributed by atoms with Gasteiger partial charge in [0.15, 0.2) is 0 Å². The lowest BCUT2D eigenvalue weighted by Crippen LogP contribution is -2.43. The molecule has 0 bridgehead atoms. The largest absolute Gasteiger partial charge is 0.480 e. The molecule has 5 aromatic rings. The Hall–Kier alpha value is -3.69. The van der Waals surface area contributed by atoms with Gasteiger partial charge in [0.05, 0.1) is 11.1 Å². The summed E-state index contributed by atoms with van der Waals surface area (Å²) in [5.41, 5.74) is 3.85. The molecule has 0 aliphatic carbocycles. The van der Waals surface area contributed by atoms with Crippen LogP contribution in [0, 0.1) is 0 Å². The van der Waals surface area contributed by atoms with E-state index in [1.54, 1.807) is 6.20 Å². The number of thioether (sulfide) groups is 1. The molecule has 0 saturated heterocycles. The van der Waals surface area contributed by atoms with E-state index in [2.05, 4.69) is 20.3 Å². The molecule has 0 saturated carbocycles. The van der Waals surface area contributed by atoms with Crippen LogP contribution in [0.5, 0.6) is 0 Å². The Morgan fingerprint density at radius 3 is 2.71 bits per heavy atom. The second kappa shape index (κ2) is 9.66. The van der Waals surface area contributed by atoms with Crippen LogP contribution in [0.25, 0.3) is 32.2 Å². The van der Waals surface area contributed by atoms with E-state index in [0.29, 0.717) is 5.03 Å². The molecule has 2 aromatic carbocycles. The summed E-state index contributed by atoms with van der Waals surface area (Å²) in [4.78, 5) is 37.3. The van der Waals surface area contributed by atoms with Crippen LogP contribution in [0.1, 0.15) is 5.56 Å². The van der Waals surface area contributed by atoms with Crippen molar-refractivity contribution >= 4 is 56.1 Å². The van der Waals surface area contributed by atoms with Gasteiger partial charge in [-0.05, 0) is 17.2 Å². The maximum atomic E-state index is 12.7. The molecule has 0 aliphatic rings. The molecule has 0 radical (unpaired) electrons.